The van der Waals surface area contributed by atoms with Gasteiger partial charge in [-0.2, -0.15) is 13.2 Å². The summed E-state index contributed by atoms with van der Waals surface area (Å²) in [6.07, 6.45) is -4.44. The molecule has 1 aromatic heterocycles. The fraction of sp³-hybridized carbons (Fsp3) is 0.333. The molecule has 0 aliphatic carbocycles. The molecule has 2 aromatic carbocycles. The largest absolute Gasteiger partial charge is 0.416 e. The van der Waals surface area contributed by atoms with Crippen LogP contribution in [0.1, 0.15) is 18.1 Å². The van der Waals surface area contributed by atoms with Gasteiger partial charge in [-0.3, -0.25) is 4.79 Å². The number of carbonyl (C=O) groups excluding carboxylic acids is 1. The second-order valence-corrected chi connectivity index (χ2v) is 7.82. The third-order valence-electron chi connectivity index (χ3n) is 4.38. The summed E-state index contributed by atoms with van der Waals surface area (Å²) in [4.78, 5) is 16.6. The highest BCUT2D eigenvalue weighted by Gasteiger charge is 2.31. The Kier molecular flexibility index (Phi) is 7.04. The number of aromatic nitrogens is 2. The van der Waals surface area contributed by atoms with Gasteiger partial charge in [-0.25, -0.2) is 4.98 Å². The number of nitrogens with zero attached hydrogens (tertiary/aromatic N) is 2. The topological polar surface area (TPSA) is 56.1 Å². The highest BCUT2D eigenvalue weighted by molar-refractivity contribution is 7.99. The van der Waals surface area contributed by atoms with E-state index < -0.39 is 11.7 Å². The molecule has 0 unspecified atom stereocenters. The Morgan fingerprint density at radius 2 is 1.97 bits per heavy atom. The minimum atomic E-state index is -4.44. The van der Waals surface area contributed by atoms with Gasteiger partial charge in [0.05, 0.1) is 35.5 Å². The van der Waals surface area contributed by atoms with Crippen LogP contribution in [-0.4, -0.2) is 41.0 Å². The first-order chi connectivity index (χ1) is 14.3. The first kappa shape index (κ1) is 22.2. The van der Waals surface area contributed by atoms with Crippen molar-refractivity contribution in [3.05, 3.63) is 59.7 Å². The number of ether oxygens (including phenoxy) is 1. The van der Waals surface area contributed by atoms with Crippen molar-refractivity contribution in [3.63, 3.8) is 0 Å². The molecule has 1 atom stereocenters. The number of fused-ring (bicyclic) bond motifs is 1. The molecule has 3 rings (SSSR count). The van der Waals surface area contributed by atoms with E-state index in [1.165, 1.54) is 17.8 Å². The van der Waals surface area contributed by atoms with Gasteiger partial charge in [0.25, 0.3) is 0 Å². The number of halogens is 3. The molecule has 1 heterocycles. The van der Waals surface area contributed by atoms with Crippen molar-refractivity contribution >= 4 is 28.7 Å². The predicted molar refractivity (Wildman–Crippen MR) is 110 cm³/mol. The van der Waals surface area contributed by atoms with E-state index in [9.17, 15) is 18.0 Å². The summed E-state index contributed by atoms with van der Waals surface area (Å²) in [6.45, 7) is 2.66. The Morgan fingerprint density at radius 3 is 2.63 bits per heavy atom. The maximum atomic E-state index is 13.1. The minimum absolute atomic E-state index is 0.0955. The lowest BCUT2D eigenvalue weighted by molar-refractivity contribution is -0.137. The van der Waals surface area contributed by atoms with Crippen LogP contribution in [0.15, 0.2) is 53.7 Å². The smallest absolute Gasteiger partial charge is 0.383 e. The lowest BCUT2D eigenvalue weighted by atomic mass is 10.2. The zero-order chi connectivity index (χ0) is 21.7. The lowest BCUT2D eigenvalue weighted by Crippen LogP contribution is -2.36. The van der Waals surface area contributed by atoms with Gasteiger partial charge in [-0.05, 0) is 30.7 Å². The molecule has 0 saturated carbocycles. The standard InChI is InChI=1S/C21H22F3N3O2S/c1-14(12-29-2)25-19(28)13-30-20-26-17-10-16(21(22,23)24)8-9-18(17)27(20)11-15-6-4-3-5-7-15/h3-10,14H,11-13H2,1-2H3,(H,25,28)/t14-/m0/s1. The monoisotopic (exact) mass is 437 g/mol. The summed E-state index contributed by atoms with van der Waals surface area (Å²) in [5.74, 6) is -0.1000. The number of methoxy groups -OCH3 is 1. The van der Waals surface area contributed by atoms with E-state index >= 15 is 0 Å². The number of benzene rings is 2. The lowest BCUT2D eigenvalue weighted by Gasteiger charge is -2.13. The molecule has 0 spiro atoms. The minimum Gasteiger partial charge on any atom is -0.383 e. The van der Waals surface area contributed by atoms with Crippen molar-refractivity contribution in [1.29, 1.82) is 0 Å². The second kappa shape index (κ2) is 9.53. The van der Waals surface area contributed by atoms with Crippen molar-refractivity contribution in [3.8, 4) is 0 Å². The first-order valence-corrected chi connectivity index (χ1v) is 10.3. The summed E-state index contributed by atoms with van der Waals surface area (Å²) < 4.78 is 46.2. The molecule has 9 heteroatoms. The normalized spacial score (nSPS) is 12.8. The van der Waals surface area contributed by atoms with E-state index in [0.717, 1.165) is 17.7 Å². The van der Waals surface area contributed by atoms with Gasteiger partial charge < -0.3 is 14.6 Å². The van der Waals surface area contributed by atoms with Crippen molar-refractivity contribution < 1.29 is 22.7 Å². The molecule has 0 radical (unpaired) electrons. The SMILES string of the molecule is COC[C@H](C)NC(=O)CSc1nc2cc(C(F)(F)F)ccc2n1Cc1ccccc1. The number of hydrogen-bond donors (Lipinski definition) is 1. The van der Waals surface area contributed by atoms with Crippen LogP contribution in [0.2, 0.25) is 0 Å². The van der Waals surface area contributed by atoms with Gasteiger partial charge in [-0.1, -0.05) is 42.1 Å². The van der Waals surface area contributed by atoms with Crippen molar-refractivity contribution in [2.45, 2.75) is 30.8 Å². The van der Waals surface area contributed by atoms with Gasteiger partial charge in [0, 0.05) is 13.2 Å². The molecule has 0 saturated heterocycles. The van der Waals surface area contributed by atoms with Crippen LogP contribution >= 0.6 is 11.8 Å². The van der Waals surface area contributed by atoms with Crippen LogP contribution in [0.25, 0.3) is 11.0 Å². The molecule has 30 heavy (non-hydrogen) atoms. The van der Waals surface area contributed by atoms with Crippen molar-refractivity contribution in [2.75, 3.05) is 19.5 Å². The van der Waals surface area contributed by atoms with Crippen LogP contribution in [0, 0.1) is 0 Å². The fourth-order valence-electron chi connectivity index (χ4n) is 3.05. The molecule has 0 aliphatic rings. The molecule has 3 aromatic rings. The van der Waals surface area contributed by atoms with E-state index in [1.54, 1.807) is 7.11 Å². The van der Waals surface area contributed by atoms with E-state index in [2.05, 4.69) is 10.3 Å². The number of imidazole rings is 1. The Bertz CT molecular complexity index is 1010. The zero-order valence-electron chi connectivity index (χ0n) is 16.6. The number of alkyl halides is 3. The molecule has 1 N–H and O–H groups in total. The summed E-state index contributed by atoms with van der Waals surface area (Å²) in [5, 5.41) is 3.30. The molecule has 0 aliphatic heterocycles. The maximum Gasteiger partial charge on any atom is 0.416 e. The average molecular weight is 437 g/mol. The highest BCUT2D eigenvalue weighted by Crippen LogP contribution is 2.33. The predicted octanol–water partition coefficient (Wildman–Crippen LogP) is 4.35. The molecule has 5 nitrogen and oxygen atoms in total. The fourth-order valence-corrected chi connectivity index (χ4v) is 3.88. The molecule has 1 amide bonds. The van der Waals surface area contributed by atoms with Crippen LogP contribution in [-0.2, 0) is 22.3 Å². The average Bonchev–Trinajstić information content (AvgIpc) is 3.03. The molecule has 160 valence electrons. The Hall–Kier alpha value is -2.52. The third-order valence-corrected chi connectivity index (χ3v) is 5.36. The van der Waals surface area contributed by atoms with Crippen LogP contribution < -0.4 is 5.32 Å². The molecular formula is C21H22F3N3O2S. The van der Waals surface area contributed by atoms with Gasteiger partial charge in [0.1, 0.15) is 0 Å². The number of hydrogen-bond acceptors (Lipinski definition) is 4. The number of carbonyl (C=O) groups is 1. The molecule has 0 fully saturated rings. The zero-order valence-corrected chi connectivity index (χ0v) is 17.4. The number of nitrogens with one attached hydrogen (secondary N) is 1. The highest BCUT2D eigenvalue weighted by atomic mass is 32.2. The summed E-state index contributed by atoms with van der Waals surface area (Å²) >= 11 is 1.19. The Balaban J connectivity index is 1.88. The van der Waals surface area contributed by atoms with Crippen LogP contribution in [0.3, 0.4) is 0 Å². The van der Waals surface area contributed by atoms with E-state index in [1.807, 2.05) is 41.8 Å². The number of rotatable bonds is 8. The third kappa shape index (κ3) is 5.54. The maximum absolute atomic E-state index is 13.1. The Labute approximate surface area is 176 Å². The Morgan fingerprint density at radius 1 is 1.23 bits per heavy atom. The second-order valence-electron chi connectivity index (χ2n) is 6.88. The van der Waals surface area contributed by atoms with Crippen molar-refractivity contribution in [2.24, 2.45) is 0 Å². The van der Waals surface area contributed by atoms with E-state index in [0.29, 0.717) is 23.8 Å². The van der Waals surface area contributed by atoms with Crippen molar-refractivity contribution in [1.82, 2.24) is 14.9 Å². The van der Waals surface area contributed by atoms with E-state index in [4.69, 9.17) is 4.74 Å². The van der Waals surface area contributed by atoms with E-state index in [-0.39, 0.29) is 23.2 Å². The van der Waals surface area contributed by atoms with Crippen LogP contribution in [0.4, 0.5) is 13.2 Å². The summed E-state index contributed by atoms with van der Waals surface area (Å²) in [5.41, 5.74) is 1.07. The summed E-state index contributed by atoms with van der Waals surface area (Å²) in [6, 6.07) is 12.9. The van der Waals surface area contributed by atoms with Gasteiger partial charge in [-0.15, -0.1) is 0 Å². The number of thioether (sulfide) groups is 1. The molecule has 0 bridgehead atoms. The summed E-state index contributed by atoms with van der Waals surface area (Å²) in [7, 11) is 1.55. The molecular weight excluding hydrogens is 415 g/mol. The van der Waals surface area contributed by atoms with Gasteiger partial charge in [0.2, 0.25) is 5.91 Å². The van der Waals surface area contributed by atoms with Crippen LogP contribution in [0.5, 0.6) is 0 Å². The van der Waals surface area contributed by atoms with Gasteiger partial charge in [0.15, 0.2) is 5.16 Å². The number of amides is 1. The van der Waals surface area contributed by atoms with Gasteiger partial charge >= 0.3 is 6.18 Å². The first-order valence-electron chi connectivity index (χ1n) is 9.30. The quantitative estimate of drug-likeness (QED) is 0.533.